The third-order valence-electron chi connectivity index (χ3n) is 5.70. The molecule has 2 aliphatic heterocycles. The molecule has 0 aliphatic carbocycles. The van der Waals surface area contributed by atoms with Gasteiger partial charge in [0.25, 0.3) is 10.0 Å². The number of aromatic nitrogens is 2. The Kier molecular flexibility index (Phi) is 6.08. The minimum atomic E-state index is -4.77. The summed E-state index contributed by atoms with van der Waals surface area (Å²) in [6, 6.07) is 0.655. The van der Waals surface area contributed by atoms with Crippen molar-refractivity contribution in [2.24, 2.45) is 0 Å². The minimum Gasteiger partial charge on any atom is -0.357 e. The zero-order valence-electron chi connectivity index (χ0n) is 16.7. The van der Waals surface area contributed by atoms with Crippen molar-refractivity contribution in [2.45, 2.75) is 50.0 Å². The molecule has 0 saturated carbocycles. The van der Waals surface area contributed by atoms with E-state index in [4.69, 9.17) is 4.74 Å². The van der Waals surface area contributed by atoms with Crippen LogP contribution in [0, 0.1) is 11.6 Å². The molecule has 2 aliphatic rings. The Hall–Kier alpha value is -1.66. The van der Waals surface area contributed by atoms with Gasteiger partial charge in [0.2, 0.25) is 0 Å². The Morgan fingerprint density at radius 1 is 1.25 bits per heavy atom. The Morgan fingerprint density at radius 2 is 1.97 bits per heavy atom. The van der Waals surface area contributed by atoms with Gasteiger partial charge in [0, 0.05) is 42.5 Å². The van der Waals surface area contributed by atoms with Gasteiger partial charge in [-0.3, -0.25) is 9.99 Å². The van der Waals surface area contributed by atoms with Crippen molar-refractivity contribution in [1.29, 1.82) is 0 Å². The maximum absolute atomic E-state index is 14.3. The van der Waals surface area contributed by atoms with E-state index in [2.05, 4.69) is 19.6 Å². The number of alkyl halides is 3. The van der Waals surface area contributed by atoms with Gasteiger partial charge in [-0.1, -0.05) is 9.39 Å². The van der Waals surface area contributed by atoms with Crippen LogP contribution in [0.15, 0.2) is 24.4 Å². The summed E-state index contributed by atoms with van der Waals surface area (Å²) in [5.41, 5.74) is 0.571. The predicted molar refractivity (Wildman–Crippen MR) is 107 cm³/mol. The van der Waals surface area contributed by atoms with Crippen LogP contribution >= 0.6 is 9.39 Å². The maximum atomic E-state index is 14.3. The van der Waals surface area contributed by atoms with Gasteiger partial charge in [-0.05, 0) is 24.6 Å². The Labute approximate surface area is 183 Å². The highest BCUT2D eigenvalue weighted by atomic mass is 32.2. The van der Waals surface area contributed by atoms with Crippen LogP contribution in [0.25, 0.3) is 0 Å². The van der Waals surface area contributed by atoms with Gasteiger partial charge >= 0.3 is 6.18 Å². The van der Waals surface area contributed by atoms with Crippen molar-refractivity contribution in [3.8, 4) is 0 Å². The molecule has 7 nitrogen and oxygen atoms in total. The summed E-state index contributed by atoms with van der Waals surface area (Å²) in [7, 11) is -1.43. The third kappa shape index (κ3) is 4.41. The molecule has 176 valence electrons. The molecular formula is C18H20F5N4O3PS. The van der Waals surface area contributed by atoms with E-state index in [0.717, 1.165) is 28.5 Å². The zero-order valence-corrected chi connectivity index (χ0v) is 18.7. The molecule has 1 fully saturated rings. The molecule has 1 saturated heterocycles. The van der Waals surface area contributed by atoms with Crippen LogP contribution in [0.5, 0.6) is 0 Å². The monoisotopic (exact) mass is 498 g/mol. The first-order valence-electron chi connectivity index (χ1n) is 9.53. The van der Waals surface area contributed by atoms with Crippen LogP contribution in [0.1, 0.15) is 29.3 Å². The second-order valence-corrected chi connectivity index (χ2v) is 10.1. The maximum Gasteiger partial charge on any atom is 0.416 e. The largest absolute Gasteiger partial charge is 0.416 e. The number of nitrogens with zero attached hydrogens (tertiary/aromatic N) is 3. The summed E-state index contributed by atoms with van der Waals surface area (Å²) < 4.78 is 99.4. The van der Waals surface area contributed by atoms with E-state index in [1.54, 1.807) is 0 Å². The van der Waals surface area contributed by atoms with Crippen molar-refractivity contribution in [3.63, 3.8) is 0 Å². The quantitative estimate of drug-likeness (QED) is 0.516. The number of nitrogens with one attached hydrogen (secondary N) is 1. The van der Waals surface area contributed by atoms with E-state index in [9.17, 15) is 30.4 Å². The summed E-state index contributed by atoms with van der Waals surface area (Å²) in [4.78, 5) is 1.51. The molecule has 4 rings (SSSR count). The molecule has 2 aromatic rings. The van der Waals surface area contributed by atoms with Crippen LogP contribution in [0.3, 0.4) is 0 Å². The van der Waals surface area contributed by atoms with Gasteiger partial charge in [-0.15, -0.1) is 0 Å². The molecular weight excluding hydrogens is 478 g/mol. The summed E-state index contributed by atoms with van der Waals surface area (Å²) in [5, 5.41) is 6.75. The van der Waals surface area contributed by atoms with Crippen molar-refractivity contribution in [3.05, 3.63) is 52.9 Å². The van der Waals surface area contributed by atoms with Crippen LogP contribution in [-0.4, -0.2) is 53.1 Å². The topological polar surface area (TPSA) is 76.5 Å². The number of fused-ring (bicyclic) bond motifs is 1. The molecule has 1 aromatic heterocycles. The number of ether oxygens (including phenoxy) is 1. The fourth-order valence-corrected chi connectivity index (χ4v) is 5.10. The number of halogens is 5. The third-order valence-corrected chi connectivity index (χ3v) is 6.99. The predicted octanol–water partition coefficient (Wildman–Crippen LogP) is 2.49. The average molecular weight is 498 g/mol. The Morgan fingerprint density at radius 3 is 2.56 bits per heavy atom. The fraction of sp³-hybridized carbons (Fsp3) is 0.500. The highest BCUT2D eigenvalue weighted by Gasteiger charge is 2.54. The number of hydrogen-bond acceptors (Lipinski definition) is 6. The van der Waals surface area contributed by atoms with E-state index in [-0.39, 0.29) is 25.1 Å². The molecule has 1 aromatic carbocycles. The SMILES string of the molecule is CS(=O)(=O)n1cc2c(n1)CN(C1C[C@H](NP)[C@@H](c3cc(F)ccc3F)O[C@@H]1C(F)(F)F)C2. The lowest BCUT2D eigenvalue weighted by Gasteiger charge is -2.45. The number of benzene rings is 1. The summed E-state index contributed by atoms with van der Waals surface area (Å²) in [6.45, 7) is 0.0507. The van der Waals surface area contributed by atoms with E-state index < -0.39 is 52.1 Å². The molecule has 3 heterocycles. The van der Waals surface area contributed by atoms with Crippen molar-refractivity contribution in [2.75, 3.05) is 6.26 Å². The first-order chi connectivity index (χ1) is 14.9. The molecule has 0 radical (unpaired) electrons. The first kappa shape index (κ1) is 23.5. The highest BCUT2D eigenvalue weighted by Crippen LogP contribution is 2.43. The second-order valence-electron chi connectivity index (χ2n) is 7.90. The van der Waals surface area contributed by atoms with Gasteiger partial charge in [-0.25, -0.2) is 17.2 Å². The molecule has 0 bridgehead atoms. The molecule has 0 spiro atoms. The van der Waals surface area contributed by atoms with E-state index >= 15 is 0 Å². The zero-order chi connectivity index (χ0) is 23.4. The minimum absolute atomic E-state index is 0.00102. The Balaban J connectivity index is 1.63. The van der Waals surface area contributed by atoms with Crippen molar-refractivity contribution in [1.82, 2.24) is 19.2 Å². The van der Waals surface area contributed by atoms with Crippen LogP contribution in [-0.2, 0) is 27.8 Å². The van der Waals surface area contributed by atoms with Crippen molar-refractivity contribution < 1.29 is 35.1 Å². The standard InChI is InChI=1S/C18H20F5N4O3PS/c1-32(28,29)27-7-9-6-26(8-14(9)24-27)15-5-13(25-31)16(30-17(15)18(21,22)23)11-4-10(19)2-3-12(11)20/h2-4,7,13,15-17,25H,5-6,8,31H2,1H3/t13-,15?,16+,17-/m0/s1. The van der Waals surface area contributed by atoms with Gasteiger partial charge in [0.15, 0.2) is 6.10 Å². The lowest BCUT2D eigenvalue weighted by Crippen LogP contribution is -2.58. The van der Waals surface area contributed by atoms with Crippen molar-refractivity contribution >= 4 is 19.4 Å². The number of hydrogen-bond donors (Lipinski definition) is 1. The summed E-state index contributed by atoms with van der Waals surface area (Å²) in [5.74, 6) is -1.65. The lowest BCUT2D eigenvalue weighted by molar-refractivity contribution is -0.270. The molecule has 1 N–H and O–H groups in total. The average Bonchev–Trinajstić information content (AvgIpc) is 3.27. The number of rotatable bonds is 4. The summed E-state index contributed by atoms with van der Waals surface area (Å²) in [6.07, 6.45) is -6.23. The highest BCUT2D eigenvalue weighted by molar-refractivity contribution is 7.89. The second kappa shape index (κ2) is 8.28. The van der Waals surface area contributed by atoms with Crippen LogP contribution in [0.4, 0.5) is 22.0 Å². The smallest absolute Gasteiger partial charge is 0.357 e. The van der Waals surface area contributed by atoms with E-state index in [1.165, 1.54) is 11.1 Å². The normalized spacial score (nSPS) is 27.0. The fourth-order valence-electron chi connectivity index (χ4n) is 4.22. The van der Waals surface area contributed by atoms with Crippen LogP contribution < -0.4 is 5.09 Å². The molecule has 5 atom stereocenters. The van der Waals surface area contributed by atoms with Gasteiger partial charge in [0.1, 0.15) is 17.7 Å². The molecule has 2 unspecified atom stereocenters. The Bertz CT molecular complexity index is 1100. The van der Waals surface area contributed by atoms with E-state index in [1.807, 2.05) is 0 Å². The molecule has 0 amide bonds. The lowest BCUT2D eigenvalue weighted by atomic mass is 9.89. The first-order valence-corrected chi connectivity index (χ1v) is 12.0. The molecule has 14 heteroatoms. The van der Waals surface area contributed by atoms with E-state index in [0.29, 0.717) is 11.3 Å². The molecule has 32 heavy (non-hydrogen) atoms. The van der Waals surface area contributed by atoms with Gasteiger partial charge in [0.05, 0.1) is 11.9 Å². The van der Waals surface area contributed by atoms with Gasteiger partial charge in [-0.2, -0.15) is 22.4 Å². The van der Waals surface area contributed by atoms with Crippen LogP contribution in [0.2, 0.25) is 0 Å². The summed E-state index contributed by atoms with van der Waals surface area (Å²) >= 11 is 0. The van der Waals surface area contributed by atoms with Gasteiger partial charge < -0.3 is 4.74 Å².